The lowest BCUT2D eigenvalue weighted by atomic mass is 10.1. The summed E-state index contributed by atoms with van der Waals surface area (Å²) < 4.78 is 10.1. The fourth-order valence-corrected chi connectivity index (χ4v) is 2.01. The fraction of sp³-hybridized carbons (Fsp3) is 0.250. The van der Waals surface area contributed by atoms with E-state index in [0.717, 1.165) is 5.56 Å². The fourth-order valence-electron chi connectivity index (χ4n) is 2.01. The number of esters is 1. The molecule has 1 heterocycles. The van der Waals surface area contributed by atoms with Crippen molar-refractivity contribution in [3.05, 3.63) is 53.0 Å². The SMILES string of the molecule is CCOC(=O)c1ccc(NC(=O)c2c(C)coc2C)cc1. The van der Waals surface area contributed by atoms with Gasteiger partial charge in [0.1, 0.15) is 5.76 Å². The van der Waals surface area contributed by atoms with Crippen LogP contribution in [0.1, 0.15) is 39.0 Å². The highest BCUT2D eigenvalue weighted by Crippen LogP contribution is 2.18. The maximum atomic E-state index is 12.2. The highest BCUT2D eigenvalue weighted by atomic mass is 16.5. The number of hydrogen-bond donors (Lipinski definition) is 1. The average molecular weight is 287 g/mol. The smallest absolute Gasteiger partial charge is 0.338 e. The zero-order valence-corrected chi connectivity index (χ0v) is 12.2. The summed E-state index contributed by atoms with van der Waals surface area (Å²) in [5, 5.41) is 2.77. The molecule has 0 saturated carbocycles. The van der Waals surface area contributed by atoms with Gasteiger partial charge in [-0.25, -0.2) is 4.79 Å². The van der Waals surface area contributed by atoms with Gasteiger partial charge in [-0.2, -0.15) is 0 Å². The Labute approximate surface area is 122 Å². The van der Waals surface area contributed by atoms with E-state index >= 15 is 0 Å². The molecule has 0 unspecified atom stereocenters. The van der Waals surface area contributed by atoms with E-state index in [4.69, 9.17) is 9.15 Å². The molecule has 2 aromatic rings. The Morgan fingerprint density at radius 1 is 1.19 bits per heavy atom. The number of nitrogens with one attached hydrogen (secondary N) is 1. The zero-order valence-electron chi connectivity index (χ0n) is 12.2. The van der Waals surface area contributed by atoms with E-state index < -0.39 is 0 Å². The van der Waals surface area contributed by atoms with E-state index in [1.54, 1.807) is 44.4 Å². The topological polar surface area (TPSA) is 68.5 Å². The van der Waals surface area contributed by atoms with E-state index in [2.05, 4.69) is 5.32 Å². The van der Waals surface area contributed by atoms with E-state index in [1.165, 1.54) is 0 Å². The molecule has 2 rings (SSSR count). The van der Waals surface area contributed by atoms with Crippen molar-refractivity contribution in [3.8, 4) is 0 Å². The Morgan fingerprint density at radius 2 is 1.86 bits per heavy atom. The Morgan fingerprint density at radius 3 is 2.38 bits per heavy atom. The molecule has 0 fully saturated rings. The third-order valence-corrected chi connectivity index (χ3v) is 3.04. The van der Waals surface area contributed by atoms with Gasteiger partial charge in [-0.3, -0.25) is 4.79 Å². The summed E-state index contributed by atoms with van der Waals surface area (Å²) in [6.07, 6.45) is 1.55. The Bertz CT molecular complexity index is 636. The number of anilines is 1. The van der Waals surface area contributed by atoms with Crippen LogP contribution in [0.25, 0.3) is 0 Å². The normalized spacial score (nSPS) is 10.2. The number of rotatable bonds is 4. The van der Waals surface area contributed by atoms with Crippen molar-refractivity contribution in [1.29, 1.82) is 0 Å². The van der Waals surface area contributed by atoms with E-state index in [-0.39, 0.29) is 11.9 Å². The summed E-state index contributed by atoms with van der Waals surface area (Å²) in [4.78, 5) is 23.7. The highest BCUT2D eigenvalue weighted by Gasteiger charge is 2.16. The van der Waals surface area contributed by atoms with Crippen LogP contribution in [0.3, 0.4) is 0 Å². The predicted molar refractivity (Wildman–Crippen MR) is 78.5 cm³/mol. The molecule has 0 spiro atoms. The van der Waals surface area contributed by atoms with Crippen LogP contribution in [0.4, 0.5) is 5.69 Å². The summed E-state index contributed by atoms with van der Waals surface area (Å²) in [5.74, 6) is -0.0346. The van der Waals surface area contributed by atoms with Crippen molar-refractivity contribution in [2.45, 2.75) is 20.8 Å². The highest BCUT2D eigenvalue weighted by molar-refractivity contribution is 6.06. The maximum Gasteiger partial charge on any atom is 0.338 e. The third kappa shape index (κ3) is 3.31. The number of carbonyl (C=O) groups excluding carboxylic acids is 2. The van der Waals surface area contributed by atoms with Crippen LogP contribution in [0.2, 0.25) is 0 Å². The summed E-state index contributed by atoms with van der Waals surface area (Å²) in [6, 6.07) is 6.55. The molecule has 21 heavy (non-hydrogen) atoms. The number of furan rings is 1. The van der Waals surface area contributed by atoms with Gasteiger partial charge in [0, 0.05) is 11.3 Å². The number of benzene rings is 1. The lowest BCUT2D eigenvalue weighted by molar-refractivity contribution is 0.0526. The van der Waals surface area contributed by atoms with Crippen LogP contribution in [-0.2, 0) is 4.74 Å². The largest absolute Gasteiger partial charge is 0.469 e. The molecular formula is C16H17NO4. The summed E-state index contributed by atoms with van der Waals surface area (Å²) in [5.41, 5.74) is 2.37. The average Bonchev–Trinajstić information content (AvgIpc) is 2.79. The van der Waals surface area contributed by atoms with E-state index in [9.17, 15) is 9.59 Å². The van der Waals surface area contributed by atoms with Crippen LogP contribution in [0.15, 0.2) is 34.9 Å². The standard InChI is InChI=1S/C16H17NO4/c1-4-20-16(19)12-5-7-13(8-6-12)17-15(18)14-10(2)9-21-11(14)3/h5-9H,4H2,1-3H3,(H,17,18). The minimum absolute atomic E-state index is 0.234. The molecule has 0 bridgehead atoms. The number of ether oxygens (including phenoxy) is 1. The number of amides is 1. The summed E-state index contributed by atoms with van der Waals surface area (Å²) in [7, 11) is 0. The first kappa shape index (κ1) is 14.8. The van der Waals surface area contributed by atoms with Crippen molar-refractivity contribution in [3.63, 3.8) is 0 Å². The summed E-state index contributed by atoms with van der Waals surface area (Å²) >= 11 is 0. The minimum atomic E-state index is -0.378. The lowest BCUT2D eigenvalue weighted by Gasteiger charge is -2.06. The van der Waals surface area contributed by atoms with Gasteiger partial charge >= 0.3 is 5.97 Å². The molecule has 110 valence electrons. The Kier molecular flexibility index (Phi) is 4.42. The van der Waals surface area contributed by atoms with Crippen molar-refractivity contribution < 1.29 is 18.7 Å². The monoisotopic (exact) mass is 287 g/mol. The van der Waals surface area contributed by atoms with Crippen LogP contribution < -0.4 is 5.32 Å². The van der Waals surface area contributed by atoms with E-state index in [1.807, 2.05) is 6.92 Å². The maximum absolute atomic E-state index is 12.2. The van der Waals surface area contributed by atoms with Crippen molar-refractivity contribution >= 4 is 17.6 Å². The number of aryl methyl sites for hydroxylation is 2. The molecule has 5 heteroatoms. The number of hydrogen-bond acceptors (Lipinski definition) is 4. The molecule has 1 N–H and O–H groups in total. The molecule has 1 aromatic heterocycles. The van der Waals surface area contributed by atoms with Crippen LogP contribution in [-0.4, -0.2) is 18.5 Å². The molecule has 0 aliphatic rings. The molecule has 0 aliphatic carbocycles. The molecular weight excluding hydrogens is 270 g/mol. The first-order valence-corrected chi connectivity index (χ1v) is 6.66. The van der Waals surface area contributed by atoms with Crippen LogP contribution in [0, 0.1) is 13.8 Å². The molecule has 1 amide bonds. The second-order valence-electron chi connectivity index (χ2n) is 4.60. The Balaban J connectivity index is 2.10. The van der Waals surface area contributed by atoms with Gasteiger partial charge in [-0.1, -0.05) is 0 Å². The van der Waals surface area contributed by atoms with Gasteiger partial charge in [-0.15, -0.1) is 0 Å². The molecule has 0 atom stereocenters. The van der Waals surface area contributed by atoms with Crippen molar-refractivity contribution in [2.75, 3.05) is 11.9 Å². The predicted octanol–water partition coefficient (Wildman–Crippen LogP) is 3.33. The van der Waals surface area contributed by atoms with Gasteiger partial charge in [0.15, 0.2) is 0 Å². The van der Waals surface area contributed by atoms with E-state index in [0.29, 0.717) is 29.2 Å². The van der Waals surface area contributed by atoms with Crippen molar-refractivity contribution in [2.24, 2.45) is 0 Å². The number of carbonyl (C=O) groups is 2. The first-order valence-electron chi connectivity index (χ1n) is 6.66. The quantitative estimate of drug-likeness (QED) is 0.876. The van der Waals surface area contributed by atoms with Gasteiger partial charge in [0.05, 0.1) is 24.0 Å². The van der Waals surface area contributed by atoms with Crippen molar-refractivity contribution in [1.82, 2.24) is 0 Å². The minimum Gasteiger partial charge on any atom is -0.469 e. The molecule has 1 aromatic carbocycles. The van der Waals surface area contributed by atoms with Gasteiger partial charge in [-0.05, 0) is 45.0 Å². The molecule has 0 saturated heterocycles. The molecule has 5 nitrogen and oxygen atoms in total. The Hall–Kier alpha value is -2.56. The summed E-state index contributed by atoms with van der Waals surface area (Å²) in [6.45, 7) is 5.64. The zero-order chi connectivity index (χ0) is 15.4. The third-order valence-electron chi connectivity index (χ3n) is 3.04. The second kappa shape index (κ2) is 6.26. The van der Waals surface area contributed by atoms with Gasteiger partial charge < -0.3 is 14.5 Å². The van der Waals surface area contributed by atoms with Gasteiger partial charge in [0.25, 0.3) is 5.91 Å². The second-order valence-corrected chi connectivity index (χ2v) is 4.60. The van der Waals surface area contributed by atoms with Gasteiger partial charge in [0.2, 0.25) is 0 Å². The van der Waals surface area contributed by atoms with Crippen LogP contribution >= 0.6 is 0 Å². The molecule has 0 aliphatic heterocycles. The molecule has 0 radical (unpaired) electrons. The lowest BCUT2D eigenvalue weighted by Crippen LogP contribution is -2.13. The van der Waals surface area contributed by atoms with Crippen LogP contribution in [0.5, 0.6) is 0 Å². The first-order chi connectivity index (χ1) is 10.0.